The SMILES string of the molecule is CCCc1nc(-c2ccccc2F)c(N)n1CCC. The van der Waals surface area contributed by atoms with Gasteiger partial charge in [0.15, 0.2) is 0 Å². The van der Waals surface area contributed by atoms with E-state index >= 15 is 0 Å². The number of benzene rings is 1. The minimum absolute atomic E-state index is 0.279. The minimum atomic E-state index is -0.279. The number of nitrogen functional groups attached to an aromatic ring is 1. The van der Waals surface area contributed by atoms with Crippen LogP contribution in [-0.4, -0.2) is 9.55 Å². The van der Waals surface area contributed by atoms with Crippen LogP contribution >= 0.6 is 0 Å². The third-order valence-electron chi connectivity index (χ3n) is 3.14. The Morgan fingerprint density at radius 1 is 1.21 bits per heavy atom. The summed E-state index contributed by atoms with van der Waals surface area (Å²) in [5, 5.41) is 0. The minimum Gasteiger partial charge on any atom is -0.383 e. The summed E-state index contributed by atoms with van der Waals surface area (Å²) in [6, 6.07) is 6.63. The van der Waals surface area contributed by atoms with Crippen molar-refractivity contribution in [3.05, 3.63) is 35.9 Å². The van der Waals surface area contributed by atoms with Crippen LogP contribution in [0, 0.1) is 5.82 Å². The first kappa shape index (κ1) is 13.6. The summed E-state index contributed by atoms with van der Waals surface area (Å²) in [4.78, 5) is 4.55. The molecule has 1 heterocycles. The van der Waals surface area contributed by atoms with E-state index in [9.17, 15) is 4.39 Å². The van der Waals surface area contributed by atoms with Gasteiger partial charge in [-0.3, -0.25) is 0 Å². The third kappa shape index (κ3) is 2.62. The summed E-state index contributed by atoms with van der Waals surface area (Å²) in [5.41, 5.74) is 7.20. The number of nitrogens with two attached hydrogens (primary N) is 1. The quantitative estimate of drug-likeness (QED) is 0.893. The van der Waals surface area contributed by atoms with Crippen LogP contribution in [0.25, 0.3) is 11.3 Å². The van der Waals surface area contributed by atoms with Gasteiger partial charge in [0, 0.05) is 18.5 Å². The van der Waals surface area contributed by atoms with Crippen molar-refractivity contribution in [2.24, 2.45) is 0 Å². The van der Waals surface area contributed by atoms with Crippen molar-refractivity contribution < 1.29 is 4.39 Å². The number of aromatic nitrogens is 2. The molecular weight excluding hydrogens is 241 g/mol. The van der Waals surface area contributed by atoms with Gasteiger partial charge < -0.3 is 10.3 Å². The van der Waals surface area contributed by atoms with Crippen molar-refractivity contribution in [1.82, 2.24) is 9.55 Å². The Morgan fingerprint density at radius 2 is 1.95 bits per heavy atom. The molecule has 0 spiro atoms. The summed E-state index contributed by atoms with van der Waals surface area (Å²) in [6.45, 7) is 5.02. The Morgan fingerprint density at radius 3 is 2.58 bits per heavy atom. The van der Waals surface area contributed by atoms with Gasteiger partial charge in [-0.1, -0.05) is 26.0 Å². The number of hydrogen-bond donors (Lipinski definition) is 1. The van der Waals surface area contributed by atoms with Crippen molar-refractivity contribution in [2.45, 2.75) is 39.7 Å². The molecule has 0 fully saturated rings. The molecule has 0 saturated carbocycles. The lowest BCUT2D eigenvalue weighted by Gasteiger charge is -2.07. The zero-order valence-corrected chi connectivity index (χ0v) is 11.5. The number of rotatable bonds is 5. The Balaban J connectivity index is 2.52. The van der Waals surface area contributed by atoms with Gasteiger partial charge >= 0.3 is 0 Å². The fourth-order valence-electron chi connectivity index (χ4n) is 2.25. The van der Waals surface area contributed by atoms with E-state index in [1.807, 2.05) is 4.57 Å². The van der Waals surface area contributed by atoms with E-state index in [0.717, 1.165) is 31.6 Å². The molecule has 1 aromatic carbocycles. The molecule has 0 saturated heterocycles. The van der Waals surface area contributed by atoms with Gasteiger partial charge in [-0.2, -0.15) is 0 Å². The monoisotopic (exact) mass is 261 g/mol. The fourth-order valence-corrected chi connectivity index (χ4v) is 2.25. The van der Waals surface area contributed by atoms with Crippen molar-refractivity contribution in [3.8, 4) is 11.3 Å². The summed E-state index contributed by atoms with van der Waals surface area (Å²) in [5.74, 6) is 1.23. The van der Waals surface area contributed by atoms with Crippen LogP contribution in [-0.2, 0) is 13.0 Å². The fraction of sp³-hybridized carbons (Fsp3) is 0.400. The standard InChI is InChI=1S/C15H20FN3/c1-3-7-13-18-14(15(17)19(13)10-4-2)11-8-5-6-9-12(11)16/h5-6,8-9H,3-4,7,10,17H2,1-2H3. The Kier molecular flexibility index (Phi) is 4.20. The van der Waals surface area contributed by atoms with Crippen LogP contribution in [0.15, 0.2) is 24.3 Å². The zero-order chi connectivity index (χ0) is 13.8. The highest BCUT2D eigenvalue weighted by atomic mass is 19.1. The van der Waals surface area contributed by atoms with Crippen molar-refractivity contribution in [1.29, 1.82) is 0 Å². The molecule has 0 atom stereocenters. The summed E-state index contributed by atoms with van der Waals surface area (Å²) in [7, 11) is 0. The van der Waals surface area contributed by atoms with Crippen molar-refractivity contribution in [2.75, 3.05) is 5.73 Å². The van der Waals surface area contributed by atoms with Crippen LogP contribution in [0.2, 0.25) is 0 Å². The lowest BCUT2D eigenvalue weighted by molar-refractivity contribution is 0.631. The maximum Gasteiger partial charge on any atom is 0.132 e. The number of nitrogens with zero attached hydrogens (tertiary/aromatic N) is 2. The Bertz CT molecular complexity index is 561. The molecule has 4 heteroatoms. The highest BCUT2D eigenvalue weighted by Gasteiger charge is 2.17. The normalized spacial score (nSPS) is 10.9. The second kappa shape index (κ2) is 5.87. The number of aryl methyl sites for hydroxylation is 1. The van der Waals surface area contributed by atoms with Crippen molar-refractivity contribution >= 4 is 5.82 Å². The summed E-state index contributed by atoms with van der Waals surface area (Å²) in [6.07, 6.45) is 2.84. The molecule has 0 amide bonds. The lowest BCUT2D eigenvalue weighted by Crippen LogP contribution is -2.06. The van der Waals surface area contributed by atoms with Gasteiger partial charge in [0.1, 0.15) is 23.2 Å². The first-order chi connectivity index (χ1) is 9.19. The van der Waals surface area contributed by atoms with E-state index in [4.69, 9.17) is 5.73 Å². The molecule has 0 radical (unpaired) electrons. The summed E-state index contributed by atoms with van der Waals surface area (Å²) < 4.78 is 15.9. The topological polar surface area (TPSA) is 43.8 Å². The second-order valence-corrected chi connectivity index (χ2v) is 4.64. The zero-order valence-electron chi connectivity index (χ0n) is 11.5. The predicted molar refractivity (Wildman–Crippen MR) is 76.3 cm³/mol. The lowest BCUT2D eigenvalue weighted by atomic mass is 10.1. The van der Waals surface area contributed by atoms with Crippen LogP contribution in [0.5, 0.6) is 0 Å². The van der Waals surface area contributed by atoms with Gasteiger partial charge in [-0.15, -0.1) is 0 Å². The van der Waals surface area contributed by atoms with E-state index in [1.165, 1.54) is 6.07 Å². The van der Waals surface area contributed by atoms with E-state index in [-0.39, 0.29) is 5.82 Å². The maximum absolute atomic E-state index is 13.9. The number of halogens is 1. The molecule has 3 nitrogen and oxygen atoms in total. The molecule has 0 aliphatic carbocycles. The van der Waals surface area contributed by atoms with E-state index in [0.29, 0.717) is 17.1 Å². The second-order valence-electron chi connectivity index (χ2n) is 4.64. The molecule has 1 aromatic heterocycles. The van der Waals surface area contributed by atoms with Crippen LogP contribution in [0.1, 0.15) is 32.5 Å². The molecule has 0 aliphatic rings. The largest absolute Gasteiger partial charge is 0.383 e. The molecule has 0 bridgehead atoms. The van der Waals surface area contributed by atoms with Gasteiger partial charge in [-0.05, 0) is 25.0 Å². The smallest absolute Gasteiger partial charge is 0.132 e. The van der Waals surface area contributed by atoms with E-state index in [2.05, 4.69) is 18.8 Å². The van der Waals surface area contributed by atoms with Crippen LogP contribution < -0.4 is 5.73 Å². The number of hydrogen-bond acceptors (Lipinski definition) is 2. The molecule has 2 rings (SSSR count). The average Bonchev–Trinajstić information content (AvgIpc) is 2.69. The molecule has 0 aliphatic heterocycles. The molecule has 102 valence electrons. The highest BCUT2D eigenvalue weighted by Crippen LogP contribution is 2.29. The Hall–Kier alpha value is -1.84. The van der Waals surface area contributed by atoms with Gasteiger partial charge in [0.2, 0.25) is 0 Å². The van der Waals surface area contributed by atoms with Crippen molar-refractivity contribution in [3.63, 3.8) is 0 Å². The van der Waals surface area contributed by atoms with Gasteiger partial charge in [0.05, 0.1) is 0 Å². The van der Waals surface area contributed by atoms with Gasteiger partial charge in [0.25, 0.3) is 0 Å². The molecule has 2 N–H and O–H groups in total. The molecule has 0 unspecified atom stereocenters. The number of anilines is 1. The average molecular weight is 261 g/mol. The van der Waals surface area contributed by atoms with Gasteiger partial charge in [-0.25, -0.2) is 9.37 Å². The van der Waals surface area contributed by atoms with E-state index < -0.39 is 0 Å². The van der Waals surface area contributed by atoms with E-state index in [1.54, 1.807) is 18.2 Å². The first-order valence-corrected chi connectivity index (χ1v) is 6.78. The third-order valence-corrected chi connectivity index (χ3v) is 3.14. The Labute approximate surface area is 113 Å². The molecule has 19 heavy (non-hydrogen) atoms. The predicted octanol–water partition coefficient (Wildman–Crippen LogP) is 3.63. The van der Waals surface area contributed by atoms with Crippen LogP contribution in [0.4, 0.5) is 10.2 Å². The molecular formula is C15H20FN3. The summed E-state index contributed by atoms with van der Waals surface area (Å²) >= 11 is 0. The maximum atomic E-state index is 13.9. The first-order valence-electron chi connectivity index (χ1n) is 6.78. The molecule has 2 aromatic rings. The van der Waals surface area contributed by atoms with Crippen LogP contribution in [0.3, 0.4) is 0 Å². The highest BCUT2D eigenvalue weighted by molar-refractivity contribution is 5.71. The number of imidazole rings is 1.